The highest BCUT2D eigenvalue weighted by Gasteiger charge is 2.59. The minimum Gasteiger partial charge on any atom is -0.343 e. The van der Waals surface area contributed by atoms with Gasteiger partial charge in [-0.2, -0.15) is 26.3 Å². The average Bonchev–Trinajstić information content (AvgIpc) is 2.36. The third kappa shape index (κ3) is 4.60. The van der Waals surface area contributed by atoms with Crippen LogP contribution in [0, 0.1) is 0 Å². The van der Waals surface area contributed by atoms with Crippen LogP contribution in [0.3, 0.4) is 0 Å². The Morgan fingerprint density at radius 3 is 1.90 bits per heavy atom. The SMILES string of the molecule is NNC(=O)C(OC(C(F)(F)F)C(F)(F)F)c1ccccc1. The van der Waals surface area contributed by atoms with Gasteiger partial charge in [0.15, 0.2) is 6.10 Å². The van der Waals surface area contributed by atoms with Crippen LogP contribution in [0.4, 0.5) is 26.3 Å². The first-order chi connectivity index (χ1) is 9.57. The van der Waals surface area contributed by atoms with Gasteiger partial charge < -0.3 is 4.74 Å². The van der Waals surface area contributed by atoms with Crippen LogP contribution < -0.4 is 11.3 Å². The first-order valence-electron chi connectivity index (χ1n) is 5.41. The van der Waals surface area contributed by atoms with E-state index < -0.39 is 30.5 Å². The van der Waals surface area contributed by atoms with Crippen molar-refractivity contribution in [1.29, 1.82) is 0 Å². The third-order valence-corrected chi connectivity index (χ3v) is 2.35. The molecule has 0 aromatic heterocycles. The highest BCUT2D eigenvalue weighted by atomic mass is 19.4. The molecule has 0 aliphatic heterocycles. The van der Waals surface area contributed by atoms with Crippen LogP contribution in [-0.2, 0) is 9.53 Å². The Kier molecular flexibility index (Phi) is 5.18. The van der Waals surface area contributed by atoms with Crippen molar-refractivity contribution in [2.75, 3.05) is 0 Å². The molecule has 118 valence electrons. The number of nitrogens with one attached hydrogen (secondary N) is 1. The summed E-state index contributed by atoms with van der Waals surface area (Å²) in [7, 11) is 0. The minimum absolute atomic E-state index is 0.195. The molecule has 1 aromatic rings. The highest BCUT2D eigenvalue weighted by molar-refractivity contribution is 5.81. The van der Waals surface area contributed by atoms with Crippen molar-refractivity contribution in [2.45, 2.75) is 24.6 Å². The van der Waals surface area contributed by atoms with Crippen LogP contribution in [0.25, 0.3) is 0 Å². The third-order valence-electron chi connectivity index (χ3n) is 2.35. The zero-order valence-electron chi connectivity index (χ0n) is 10.2. The molecule has 0 aliphatic rings. The quantitative estimate of drug-likeness (QED) is 0.387. The number of amides is 1. The number of hydrogen-bond donors (Lipinski definition) is 2. The molecule has 4 nitrogen and oxygen atoms in total. The van der Waals surface area contributed by atoms with Gasteiger partial charge in [0.1, 0.15) is 0 Å². The van der Waals surface area contributed by atoms with Gasteiger partial charge in [-0.3, -0.25) is 10.2 Å². The number of carbonyl (C=O) groups excluding carboxylic acids is 1. The minimum atomic E-state index is -5.72. The molecule has 1 atom stereocenters. The molecule has 21 heavy (non-hydrogen) atoms. The summed E-state index contributed by atoms with van der Waals surface area (Å²) in [5.74, 6) is 3.43. The first-order valence-corrected chi connectivity index (χ1v) is 5.41. The molecule has 0 fully saturated rings. The largest absolute Gasteiger partial charge is 0.423 e. The fourth-order valence-electron chi connectivity index (χ4n) is 1.47. The molecule has 0 saturated carbocycles. The van der Waals surface area contributed by atoms with Gasteiger partial charge in [-0.25, -0.2) is 5.84 Å². The number of benzene rings is 1. The van der Waals surface area contributed by atoms with E-state index in [0.717, 1.165) is 12.1 Å². The molecule has 0 heterocycles. The summed E-state index contributed by atoms with van der Waals surface area (Å²) in [6.45, 7) is 0. The number of nitrogens with two attached hydrogens (primary N) is 1. The van der Waals surface area contributed by atoms with Crippen LogP contribution in [0.15, 0.2) is 30.3 Å². The molecule has 1 aromatic carbocycles. The molecule has 0 aliphatic carbocycles. The lowest BCUT2D eigenvalue weighted by molar-refractivity contribution is -0.329. The summed E-state index contributed by atoms with van der Waals surface area (Å²) in [5, 5.41) is 0. The lowest BCUT2D eigenvalue weighted by atomic mass is 10.1. The van der Waals surface area contributed by atoms with Crippen molar-refractivity contribution in [2.24, 2.45) is 5.84 Å². The Labute approximate surface area is 114 Å². The van der Waals surface area contributed by atoms with E-state index in [-0.39, 0.29) is 5.56 Å². The van der Waals surface area contributed by atoms with Crippen LogP contribution in [0.1, 0.15) is 11.7 Å². The summed E-state index contributed by atoms with van der Waals surface area (Å²) in [6.07, 6.45) is -17.7. The van der Waals surface area contributed by atoms with Gasteiger partial charge in [0.05, 0.1) is 0 Å². The molecule has 3 N–H and O–H groups in total. The fraction of sp³-hybridized carbons (Fsp3) is 0.364. The number of alkyl halides is 6. The lowest BCUT2D eigenvalue weighted by Crippen LogP contribution is -2.47. The second-order valence-electron chi connectivity index (χ2n) is 3.90. The van der Waals surface area contributed by atoms with Crippen LogP contribution in [0.2, 0.25) is 0 Å². The van der Waals surface area contributed by atoms with Crippen LogP contribution in [-0.4, -0.2) is 24.4 Å². The lowest BCUT2D eigenvalue weighted by Gasteiger charge is -2.27. The van der Waals surface area contributed by atoms with Gasteiger partial charge >= 0.3 is 12.4 Å². The molecular formula is C11H10F6N2O2. The zero-order valence-corrected chi connectivity index (χ0v) is 10.2. The Hall–Kier alpha value is -1.81. The Balaban J connectivity index is 3.13. The van der Waals surface area contributed by atoms with E-state index in [1.807, 2.05) is 0 Å². The number of ether oxygens (including phenoxy) is 1. The molecule has 1 rings (SSSR count). The normalized spacial score (nSPS) is 14.1. The topological polar surface area (TPSA) is 64.3 Å². The zero-order chi connectivity index (χ0) is 16.3. The van der Waals surface area contributed by atoms with Crippen molar-refractivity contribution >= 4 is 5.91 Å². The van der Waals surface area contributed by atoms with Gasteiger partial charge in [0, 0.05) is 0 Å². The molecule has 1 amide bonds. The predicted molar refractivity (Wildman–Crippen MR) is 58.5 cm³/mol. The molecule has 0 radical (unpaired) electrons. The van der Waals surface area contributed by atoms with Gasteiger partial charge in [0.25, 0.3) is 5.91 Å². The van der Waals surface area contributed by atoms with Crippen molar-refractivity contribution in [3.63, 3.8) is 0 Å². The standard InChI is InChI=1S/C11H10F6N2O2/c12-10(13,14)9(11(15,16)17)21-7(8(20)19-18)6-4-2-1-3-5-6/h1-5,7,9H,18H2,(H,19,20). The second-order valence-corrected chi connectivity index (χ2v) is 3.90. The number of hydrazine groups is 1. The molecule has 10 heteroatoms. The van der Waals surface area contributed by atoms with Gasteiger partial charge in [-0.15, -0.1) is 0 Å². The van der Waals surface area contributed by atoms with E-state index >= 15 is 0 Å². The van der Waals surface area contributed by atoms with E-state index in [0.29, 0.717) is 0 Å². The maximum Gasteiger partial charge on any atom is 0.423 e. The van der Waals surface area contributed by atoms with Gasteiger partial charge in [-0.05, 0) is 5.56 Å². The van der Waals surface area contributed by atoms with Crippen molar-refractivity contribution in [3.05, 3.63) is 35.9 Å². The predicted octanol–water partition coefficient (Wildman–Crippen LogP) is 2.23. The van der Waals surface area contributed by atoms with Crippen molar-refractivity contribution < 1.29 is 35.9 Å². The molecule has 0 bridgehead atoms. The summed E-state index contributed by atoms with van der Waals surface area (Å²) in [6, 6.07) is 6.40. The summed E-state index contributed by atoms with van der Waals surface area (Å²) >= 11 is 0. The van der Waals surface area contributed by atoms with Crippen molar-refractivity contribution in [1.82, 2.24) is 5.43 Å². The molecule has 0 saturated heterocycles. The number of hydrogen-bond acceptors (Lipinski definition) is 3. The first kappa shape index (κ1) is 17.2. The molecular weight excluding hydrogens is 306 g/mol. The molecule has 1 unspecified atom stereocenters. The van der Waals surface area contributed by atoms with Gasteiger partial charge in [-0.1, -0.05) is 30.3 Å². The van der Waals surface area contributed by atoms with Crippen molar-refractivity contribution in [3.8, 4) is 0 Å². The van der Waals surface area contributed by atoms with Gasteiger partial charge in [0.2, 0.25) is 6.10 Å². The van der Waals surface area contributed by atoms with E-state index in [2.05, 4.69) is 4.74 Å². The van der Waals surface area contributed by atoms with E-state index in [4.69, 9.17) is 5.84 Å². The average molecular weight is 316 g/mol. The van der Waals surface area contributed by atoms with Crippen LogP contribution in [0.5, 0.6) is 0 Å². The summed E-state index contributed by atoms with van der Waals surface area (Å²) in [5.41, 5.74) is 1.28. The van der Waals surface area contributed by atoms with E-state index in [1.54, 1.807) is 0 Å². The highest BCUT2D eigenvalue weighted by Crippen LogP contribution is 2.38. The fourth-order valence-corrected chi connectivity index (χ4v) is 1.47. The Morgan fingerprint density at radius 1 is 1.05 bits per heavy atom. The number of carbonyl (C=O) groups is 1. The summed E-state index contributed by atoms with van der Waals surface area (Å²) < 4.78 is 78.7. The van der Waals surface area contributed by atoms with E-state index in [1.165, 1.54) is 23.6 Å². The molecule has 0 spiro atoms. The summed E-state index contributed by atoms with van der Waals surface area (Å²) in [4.78, 5) is 11.4. The Bertz CT molecular complexity index is 460. The monoisotopic (exact) mass is 316 g/mol. The van der Waals surface area contributed by atoms with E-state index in [9.17, 15) is 31.1 Å². The smallest absolute Gasteiger partial charge is 0.343 e. The maximum atomic E-state index is 12.5. The maximum absolute atomic E-state index is 12.5. The number of rotatable bonds is 4. The second kappa shape index (κ2) is 6.31. The number of halogens is 6. The Morgan fingerprint density at radius 2 is 1.52 bits per heavy atom. The van der Waals surface area contributed by atoms with Crippen LogP contribution >= 0.6 is 0 Å².